The molecule has 0 atom stereocenters. The van der Waals surface area contributed by atoms with Gasteiger partial charge in [0.1, 0.15) is 0 Å². The minimum absolute atomic E-state index is 0.0412. The first kappa shape index (κ1) is 14.6. The number of hydrogen-bond acceptors (Lipinski definition) is 4. The summed E-state index contributed by atoms with van der Waals surface area (Å²) in [7, 11) is 1.42. The number of methoxy groups -OCH3 is 1. The smallest absolute Gasteiger partial charge is 0.305 e. The van der Waals surface area contributed by atoms with Gasteiger partial charge in [-0.25, -0.2) is 0 Å². The molecule has 0 amide bonds. The van der Waals surface area contributed by atoms with Crippen LogP contribution in [0.3, 0.4) is 0 Å². The van der Waals surface area contributed by atoms with Gasteiger partial charge in [0.2, 0.25) is 0 Å². The molecule has 18 heavy (non-hydrogen) atoms. The van der Waals surface area contributed by atoms with Gasteiger partial charge >= 0.3 is 5.97 Å². The van der Waals surface area contributed by atoms with Crippen LogP contribution in [0.5, 0.6) is 0 Å². The summed E-state index contributed by atoms with van der Waals surface area (Å²) >= 11 is 0. The molecule has 4 nitrogen and oxygen atoms in total. The van der Waals surface area contributed by atoms with Crippen molar-refractivity contribution in [3.63, 3.8) is 0 Å². The lowest BCUT2D eigenvalue weighted by Gasteiger charge is -2.25. The van der Waals surface area contributed by atoms with Crippen molar-refractivity contribution in [2.24, 2.45) is 0 Å². The van der Waals surface area contributed by atoms with Crippen molar-refractivity contribution in [2.45, 2.75) is 32.1 Å². The lowest BCUT2D eigenvalue weighted by molar-refractivity contribution is -0.140. The van der Waals surface area contributed by atoms with Gasteiger partial charge in [-0.3, -0.25) is 9.78 Å². The SMILES string of the molecule is COC(=O)CCCNCC(C)(C)c1cccnc1. The third-order valence-corrected chi connectivity index (χ3v) is 2.97. The molecule has 0 aromatic carbocycles. The van der Waals surface area contributed by atoms with E-state index in [0.29, 0.717) is 6.42 Å². The number of ether oxygens (including phenoxy) is 1. The zero-order valence-electron chi connectivity index (χ0n) is 11.4. The average Bonchev–Trinajstić information content (AvgIpc) is 2.39. The second-order valence-corrected chi connectivity index (χ2v) is 4.98. The fourth-order valence-corrected chi connectivity index (χ4v) is 1.73. The first-order chi connectivity index (χ1) is 8.56. The molecule has 0 saturated carbocycles. The molecule has 0 aliphatic heterocycles. The Bertz CT molecular complexity index is 363. The van der Waals surface area contributed by atoms with Crippen LogP contribution in [0.15, 0.2) is 24.5 Å². The number of pyridine rings is 1. The molecule has 1 rings (SSSR count). The van der Waals surface area contributed by atoms with Crippen LogP contribution >= 0.6 is 0 Å². The van der Waals surface area contributed by atoms with Gasteiger partial charge < -0.3 is 10.1 Å². The van der Waals surface area contributed by atoms with Gasteiger partial charge in [-0.1, -0.05) is 19.9 Å². The Morgan fingerprint density at radius 2 is 2.28 bits per heavy atom. The highest BCUT2D eigenvalue weighted by Crippen LogP contribution is 2.20. The van der Waals surface area contributed by atoms with E-state index in [-0.39, 0.29) is 11.4 Å². The van der Waals surface area contributed by atoms with Gasteiger partial charge in [0.25, 0.3) is 0 Å². The van der Waals surface area contributed by atoms with Gasteiger partial charge in [0.05, 0.1) is 7.11 Å². The van der Waals surface area contributed by atoms with Crippen molar-refractivity contribution in [3.8, 4) is 0 Å². The topological polar surface area (TPSA) is 51.2 Å². The van der Waals surface area contributed by atoms with Crippen LogP contribution in [0, 0.1) is 0 Å². The zero-order valence-corrected chi connectivity index (χ0v) is 11.4. The predicted octanol–water partition coefficient (Wildman–Crippen LogP) is 1.90. The highest BCUT2D eigenvalue weighted by atomic mass is 16.5. The number of aromatic nitrogens is 1. The second-order valence-electron chi connectivity index (χ2n) is 4.98. The maximum Gasteiger partial charge on any atom is 0.305 e. The number of hydrogen-bond donors (Lipinski definition) is 1. The molecular weight excluding hydrogens is 228 g/mol. The van der Waals surface area contributed by atoms with Crippen LogP contribution in [0.1, 0.15) is 32.3 Å². The van der Waals surface area contributed by atoms with E-state index >= 15 is 0 Å². The summed E-state index contributed by atoms with van der Waals surface area (Å²) in [5.74, 6) is -0.150. The normalized spacial score (nSPS) is 11.3. The van der Waals surface area contributed by atoms with Crippen LogP contribution in [0.4, 0.5) is 0 Å². The molecule has 4 heteroatoms. The molecule has 1 heterocycles. The van der Waals surface area contributed by atoms with Crippen molar-refractivity contribution < 1.29 is 9.53 Å². The summed E-state index contributed by atoms with van der Waals surface area (Å²) in [6, 6.07) is 4.04. The molecule has 0 aliphatic rings. The number of nitrogens with one attached hydrogen (secondary N) is 1. The Morgan fingerprint density at radius 3 is 2.89 bits per heavy atom. The molecule has 0 radical (unpaired) electrons. The number of nitrogens with zero attached hydrogens (tertiary/aromatic N) is 1. The number of rotatable bonds is 7. The molecule has 1 aromatic heterocycles. The largest absolute Gasteiger partial charge is 0.469 e. The maximum atomic E-state index is 10.9. The Balaban J connectivity index is 2.28. The molecule has 1 aromatic rings. The van der Waals surface area contributed by atoms with Gasteiger partial charge in [-0.05, 0) is 24.6 Å². The minimum atomic E-state index is -0.150. The molecule has 0 spiro atoms. The van der Waals surface area contributed by atoms with E-state index in [2.05, 4.69) is 35.0 Å². The van der Waals surface area contributed by atoms with Crippen LogP contribution in [-0.4, -0.2) is 31.2 Å². The third-order valence-electron chi connectivity index (χ3n) is 2.97. The third kappa shape index (κ3) is 4.84. The highest BCUT2D eigenvalue weighted by Gasteiger charge is 2.19. The van der Waals surface area contributed by atoms with Gasteiger partial charge in [-0.15, -0.1) is 0 Å². The summed E-state index contributed by atoms with van der Waals surface area (Å²) in [4.78, 5) is 15.1. The fraction of sp³-hybridized carbons (Fsp3) is 0.571. The molecule has 0 saturated heterocycles. The molecule has 0 fully saturated rings. The lowest BCUT2D eigenvalue weighted by atomic mass is 9.86. The average molecular weight is 250 g/mol. The zero-order chi connectivity index (χ0) is 13.4. The molecule has 0 unspecified atom stereocenters. The van der Waals surface area contributed by atoms with Crippen molar-refractivity contribution in [3.05, 3.63) is 30.1 Å². The second kappa shape index (κ2) is 7.11. The van der Waals surface area contributed by atoms with Crippen LogP contribution in [0.2, 0.25) is 0 Å². The van der Waals surface area contributed by atoms with Crippen LogP contribution in [0.25, 0.3) is 0 Å². The summed E-state index contributed by atoms with van der Waals surface area (Å²) in [6.07, 6.45) is 4.95. The molecule has 1 N–H and O–H groups in total. The van der Waals surface area contributed by atoms with E-state index < -0.39 is 0 Å². The van der Waals surface area contributed by atoms with Crippen molar-refractivity contribution in [1.29, 1.82) is 0 Å². The van der Waals surface area contributed by atoms with E-state index in [9.17, 15) is 4.79 Å². The van der Waals surface area contributed by atoms with Crippen molar-refractivity contribution in [2.75, 3.05) is 20.2 Å². The standard InChI is InChI=1S/C14H22N2O2/c1-14(2,12-6-4-8-15-10-12)11-16-9-5-7-13(17)18-3/h4,6,8,10,16H,5,7,9,11H2,1-3H3. The first-order valence-corrected chi connectivity index (χ1v) is 6.24. The lowest BCUT2D eigenvalue weighted by Crippen LogP contribution is -2.33. The summed E-state index contributed by atoms with van der Waals surface area (Å²) in [6.45, 7) is 6.04. The Kier molecular flexibility index (Phi) is 5.78. The fourth-order valence-electron chi connectivity index (χ4n) is 1.73. The van der Waals surface area contributed by atoms with E-state index in [1.165, 1.54) is 12.7 Å². The van der Waals surface area contributed by atoms with Gasteiger partial charge in [-0.2, -0.15) is 0 Å². The monoisotopic (exact) mass is 250 g/mol. The molecule has 100 valence electrons. The minimum Gasteiger partial charge on any atom is -0.469 e. The number of carbonyl (C=O) groups excluding carboxylic acids is 1. The van der Waals surface area contributed by atoms with E-state index in [4.69, 9.17) is 0 Å². The number of carbonyl (C=O) groups is 1. The quantitative estimate of drug-likeness (QED) is 0.593. The highest BCUT2D eigenvalue weighted by molar-refractivity contribution is 5.69. The van der Waals surface area contributed by atoms with Crippen molar-refractivity contribution >= 4 is 5.97 Å². The molecular formula is C14H22N2O2. The van der Waals surface area contributed by atoms with Crippen molar-refractivity contribution in [1.82, 2.24) is 10.3 Å². The Hall–Kier alpha value is -1.42. The van der Waals surface area contributed by atoms with E-state index in [1.807, 2.05) is 12.3 Å². The van der Waals surface area contributed by atoms with Crippen LogP contribution < -0.4 is 5.32 Å². The Morgan fingerprint density at radius 1 is 1.50 bits per heavy atom. The molecule has 0 bridgehead atoms. The van der Waals surface area contributed by atoms with Gasteiger partial charge in [0.15, 0.2) is 0 Å². The predicted molar refractivity (Wildman–Crippen MR) is 71.4 cm³/mol. The Labute approximate surface area is 109 Å². The summed E-state index contributed by atoms with van der Waals surface area (Å²) < 4.78 is 4.59. The molecule has 0 aliphatic carbocycles. The van der Waals surface area contributed by atoms with Gasteiger partial charge in [0, 0.05) is 30.8 Å². The number of esters is 1. The van der Waals surface area contributed by atoms with E-state index in [0.717, 1.165) is 19.5 Å². The summed E-state index contributed by atoms with van der Waals surface area (Å²) in [5, 5.41) is 3.37. The van der Waals surface area contributed by atoms with E-state index in [1.54, 1.807) is 6.20 Å². The summed E-state index contributed by atoms with van der Waals surface area (Å²) in [5.41, 5.74) is 1.25. The van der Waals surface area contributed by atoms with Crippen LogP contribution in [-0.2, 0) is 14.9 Å². The first-order valence-electron chi connectivity index (χ1n) is 6.24. The maximum absolute atomic E-state index is 10.9.